The molecule has 2 aromatic rings. The van der Waals surface area contributed by atoms with Crippen LogP contribution < -0.4 is 0 Å². The van der Waals surface area contributed by atoms with Crippen LogP contribution in [0, 0.1) is 0 Å². The van der Waals surface area contributed by atoms with Crippen molar-refractivity contribution in [3.8, 4) is 0 Å². The van der Waals surface area contributed by atoms with Gasteiger partial charge in [0.2, 0.25) is 0 Å². The fraction of sp³-hybridized carbons (Fsp3) is 0.0769. The minimum atomic E-state index is -0.0529. The lowest BCUT2D eigenvalue weighted by molar-refractivity contribution is 0.104. The number of hydrogen-bond acceptors (Lipinski definition) is 2. The van der Waals surface area contributed by atoms with Gasteiger partial charge in [-0.1, -0.05) is 11.6 Å². The van der Waals surface area contributed by atoms with Gasteiger partial charge in [-0.2, -0.15) is 5.10 Å². The number of halogens is 1. The van der Waals surface area contributed by atoms with E-state index < -0.39 is 0 Å². The maximum atomic E-state index is 11.8. The van der Waals surface area contributed by atoms with Gasteiger partial charge in [-0.25, -0.2) is 0 Å². The van der Waals surface area contributed by atoms with Crippen LogP contribution in [0.25, 0.3) is 6.08 Å². The first-order chi connectivity index (χ1) is 8.16. The maximum absolute atomic E-state index is 11.8. The first-order valence-corrected chi connectivity index (χ1v) is 5.50. The van der Waals surface area contributed by atoms with Gasteiger partial charge in [0.05, 0.1) is 5.69 Å². The van der Waals surface area contributed by atoms with Crippen molar-refractivity contribution >= 4 is 23.5 Å². The zero-order valence-electron chi connectivity index (χ0n) is 9.30. The highest BCUT2D eigenvalue weighted by molar-refractivity contribution is 6.30. The molecule has 3 nitrogen and oxygen atoms in total. The zero-order chi connectivity index (χ0) is 12.3. The summed E-state index contributed by atoms with van der Waals surface area (Å²) in [6.07, 6.45) is 4.95. The molecule has 0 saturated carbocycles. The fourth-order valence-electron chi connectivity index (χ4n) is 1.42. The number of nitrogens with zero attached hydrogens (tertiary/aromatic N) is 2. The van der Waals surface area contributed by atoms with Crippen LogP contribution in [0.4, 0.5) is 0 Å². The molecule has 0 N–H and O–H groups in total. The Labute approximate surface area is 104 Å². The SMILES string of the molecule is Cn1nccc1/C=C/C(=O)c1ccc(Cl)cc1. The molecular weight excluding hydrogens is 236 g/mol. The van der Waals surface area contributed by atoms with E-state index in [-0.39, 0.29) is 5.78 Å². The molecule has 86 valence electrons. The molecule has 0 atom stereocenters. The quantitative estimate of drug-likeness (QED) is 0.617. The van der Waals surface area contributed by atoms with Crippen molar-refractivity contribution in [3.05, 3.63) is 58.9 Å². The predicted octanol–water partition coefficient (Wildman–Crippen LogP) is 2.97. The molecule has 0 saturated heterocycles. The lowest BCUT2D eigenvalue weighted by Crippen LogP contribution is -1.95. The number of allylic oxidation sites excluding steroid dienone is 1. The molecule has 0 radical (unpaired) electrons. The summed E-state index contributed by atoms with van der Waals surface area (Å²) in [5.41, 5.74) is 1.50. The summed E-state index contributed by atoms with van der Waals surface area (Å²) < 4.78 is 1.70. The first kappa shape index (κ1) is 11.6. The van der Waals surface area contributed by atoms with Crippen LogP contribution in [0.5, 0.6) is 0 Å². The summed E-state index contributed by atoms with van der Waals surface area (Å²) in [5, 5.41) is 4.64. The molecule has 0 amide bonds. The average Bonchev–Trinajstić information content (AvgIpc) is 2.73. The molecule has 0 aliphatic rings. The Morgan fingerprint density at radius 1 is 1.29 bits per heavy atom. The van der Waals surface area contributed by atoms with Crippen molar-refractivity contribution in [2.75, 3.05) is 0 Å². The second-order valence-electron chi connectivity index (χ2n) is 3.58. The monoisotopic (exact) mass is 246 g/mol. The van der Waals surface area contributed by atoms with Crippen molar-refractivity contribution in [1.29, 1.82) is 0 Å². The van der Waals surface area contributed by atoms with Gasteiger partial charge in [-0.15, -0.1) is 0 Å². The molecular formula is C13H11ClN2O. The van der Waals surface area contributed by atoms with Crippen LogP contribution in [0.2, 0.25) is 5.02 Å². The molecule has 2 rings (SSSR count). The van der Waals surface area contributed by atoms with Crippen molar-refractivity contribution in [2.24, 2.45) is 7.05 Å². The van der Waals surface area contributed by atoms with E-state index >= 15 is 0 Å². The molecule has 0 unspecified atom stereocenters. The summed E-state index contributed by atoms with van der Waals surface area (Å²) in [6.45, 7) is 0. The van der Waals surface area contributed by atoms with Gasteiger partial charge in [0, 0.05) is 23.8 Å². The molecule has 0 aliphatic heterocycles. The smallest absolute Gasteiger partial charge is 0.185 e. The summed E-state index contributed by atoms with van der Waals surface area (Å²) in [5.74, 6) is -0.0529. The Kier molecular flexibility index (Phi) is 3.40. The molecule has 1 aromatic heterocycles. The van der Waals surface area contributed by atoms with E-state index in [1.165, 1.54) is 6.08 Å². The highest BCUT2D eigenvalue weighted by Gasteiger charge is 2.01. The van der Waals surface area contributed by atoms with Gasteiger partial charge in [0.25, 0.3) is 0 Å². The Bertz CT molecular complexity index is 555. The minimum Gasteiger partial charge on any atom is -0.289 e. The third kappa shape index (κ3) is 2.82. The molecule has 1 heterocycles. The van der Waals surface area contributed by atoms with E-state index in [0.717, 1.165) is 5.69 Å². The average molecular weight is 247 g/mol. The standard InChI is InChI=1S/C13H11ClN2O/c1-16-12(8-9-15-16)6-7-13(17)10-2-4-11(14)5-3-10/h2-9H,1H3/b7-6+. The molecule has 4 heteroatoms. The summed E-state index contributed by atoms with van der Waals surface area (Å²) >= 11 is 5.75. The second-order valence-corrected chi connectivity index (χ2v) is 4.02. The van der Waals surface area contributed by atoms with E-state index in [2.05, 4.69) is 5.10 Å². The van der Waals surface area contributed by atoms with E-state index in [1.54, 1.807) is 41.2 Å². The van der Waals surface area contributed by atoms with Gasteiger partial charge in [-0.3, -0.25) is 9.48 Å². The van der Waals surface area contributed by atoms with Crippen molar-refractivity contribution < 1.29 is 4.79 Å². The van der Waals surface area contributed by atoms with Gasteiger partial charge >= 0.3 is 0 Å². The molecule has 17 heavy (non-hydrogen) atoms. The lowest BCUT2D eigenvalue weighted by Gasteiger charge is -1.96. The Balaban J connectivity index is 2.14. The van der Waals surface area contributed by atoms with E-state index in [9.17, 15) is 4.79 Å². The number of ketones is 1. The van der Waals surface area contributed by atoms with Gasteiger partial charge < -0.3 is 0 Å². The Hall–Kier alpha value is -1.87. The maximum Gasteiger partial charge on any atom is 0.185 e. The minimum absolute atomic E-state index is 0.0529. The van der Waals surface area contributed by atoms with Crippen molar-refractivity contribution in [3.63, 3.8) is 0 Å². The molecule has 0 aliphatic carbocycles. The summed E-state index contributed by atoms with van der Waals surface area (Å²) in [6, 6.07) is 8.65. The normalized spacial score (nSPS) is 10.9. The number of hydrogen-bond donors (Lipinski definition) is 0. The van der Waals surface area contributed by atoms with Crippen LogP contribution in [-0.4, -0.2) is 15.6 Å². The lowest BCUT2D eigenvalue weighted by atomic mass is 10.1. The molecule has 0 fully saturated rings. The van der Waals surface area contributed by atoms with E-state index in [0.29, 0.717) is 10.6 Å². The number of aromatic nitrogens is 2. The van der Waals surface area contributed by atoms with Crippen LogP contribution in [-0.2, 0) is 7.05 Å². The first-order valence-electron chi connectivity index (χ1n) is 5.13. The Morgan fingerprint density at radius 2 is 2.00 bits per heavy atom. The number of carbonyl (C=O) groups is 1. The third-order valence-electron chi connectivity index (χ3n) is 2.39. The fourth-order valence-corrected chi connectivity index (χ4v) is 1.55. The number of rotatable bonds is 3. The van der Waals surface area contributed by atoms with Crippen LogP contribution in [0.3, 0.4) is 0 Å². The zero-order valence-corrected chi connectivity index (χ0v) is 10.1. The van der Waals surface area contributed by atoms with Gasteiger partial charge in [-0.05, 0) is 42.5 Å². The van der Waals surface area contributed by atoms with Crippen LogP contribution in [0.1, 0.15) is 16.1 Å². The third-order valence-corrected chi connectivity index (χ3v) is 2.65. The number of benzene rings is 1. The van der Waals surface area contributed by atoms with Crippen molar-refractivity contribution in [2.45, 2.75) is 0 Å². The molecule has 0 bridgehead atoms. The van der Waals surface area contributed by atoms with E-state index in [1.807, 2.05) is 13.1 Å². The Morgan fingerprint density at radius 3 is 2.59 bits per heavy atom. The van der Waals surface area contributed by atoms with Gasteiger partial charge in [0.1, 0.15) is 0 Å². The largest absolute Gasteiger partial charge is 0.289 e. The van der Waals surface area contributed by atoms with Crippen LogP contribution >= 0.6 is 11.6 Å². The molecule has 0 spiro atoms. The molecule has 1 aromatic carbocycles. The van der Waals surface area contributed by atoms with Gasteiger partial charge in [0.15, 0.2) is 5.78 Å². The summed E-state index contributed by atoms with van der Waals surface area (Å²) in [4.78, 5) is 11.8. The van der Waals surface area contributed by atoms with Crippen LogP contribution in [0.15, 0.2) is 42.6 Å². The van der Waals surface area contributed by atoms with E-state index in [4.69, 9.17) is 11.6 Å². The topological polar surface area (TPSA) is 34.9 Å². The predicted molar refractivity (Wildman–Crippen MR) is 68.0 cm³/mol. The second kappa shape index (κ2) is 4.97. The highest BCUT2D eigenvalue weighted by Crippen LogP contribution is 2.11. The summed E-state index contributed by atoms with van der Waals surface area (Å²) in [7, 11) is 1.83. The highest BCUT2D eigenvalue weighted by atomic mass is 35.5. The van der Waals surface area contributed by atoms with Crippen molar-refractivity contribution in [1.82, 2.24) is 9.78 Å². The number of aryl methyl sites for hydroxylation is 1. The number of carbonyl (C=O) groups excluding carboxylic acids is 1.